The molecule has 1 fully saturated rings. The summed E-state index contributed by atoms with van der Waals surface area (Å²) in [6, 6.07) is 11.1. The first-order valence-electron chi connectivity index (χ1n) is 10.7. The minimum absolute atomic E-state index is 0.184. The summed E-state index contributed by atoms with van der Waals surface area (Å²) in [4.78, 5) is 31.1. The molecule has 1 saturated heterocycles. The van der Waals surface area contributed by atoms with Gasteiger partial charge >= 0.3 is 5.97 Å². The molecule has 1 N–H and O–H groups in total. The average Bonchev–Trinajstić information content (AvgIpc) is 3.24. The number of aliphatic carboxylic acids is 1. The molecule has 2 aromatic heterocycles. The topological polar surface area (TPSA) is 104 Å². The first-order valence-corrected chi connectivity index (χ1v) is 11.1. The minimum atomic E-state index is -0.769. The van der Waals surface area contributed by atoms with Crippen LogP contribution in [0.3, 0.4) is 0 Å². The maximum Gasteiger partial charge on any atom is 0.306 e. The molecule has 32 heavy (non-hydrogen) atoms. The van der Waals surface area contributed by atoms with Crippen molar-refractivity contribution in [2.45, 2.75) is 38.6 Å². The molecule has 0 amide bonds. The molecule has 3 heterocycles. The average molecular weight is 454 g/mol. The van der Waals surface area contributed by atoms with Crippen LogP contribution >= 0.6 is 11.6 Å². The van der Waals surface area contributed by atoms with Crippen LogP contribution in [0.25, 0.3) is 17.0 Å². The van der Waals surface area contributed by atoms with Gasteiger partial charge in [0.15, 0.2) is 0 Å². The number of fused-ring (bicyclic) bond motifs is 1. The largest absolute Gasteiger partial charge is 0.481 e. The quantitative estimate of drug-likeness (QED) is 0.545. The summed E-state index contributed by atoms with van der Waals surface area (Å²) < 4.78 is 3.56. The van der Waals surface area contributed by atoms with E-state index in [0.29, 0.717) is 55.4 Å². The van der Waals surface area contributed by atoms with Gasteiger partial charge in [0.1, 0.15) is 5.82 Å². The van der Waals surface area contributed by atoms with Crippen LogP contribution in [0.15, 0.2) is 41.3 Å². The minimum Gasteiger partial charge on any atom is -0.481 e. The third-order valence-corrected chi connectivity index (χ3v) is 6.18. The zero-order chi connectivity index (χ0) is 22.7. The molecule has 0 bridgehead atoms. The fourth-order valence-corrected chi connectivity index (χ4v) is 4.28. The van der Waals surface area contributed by atoms with Gasteiger partial charge in [-0.15, -0.1) is 0 Å². The normalized spacial score (nSPS) is 14.6. The molecular weight excluding hydrogens is 430 g/mol. The highest BCUT2D eigenvalue weighted by atomic mass is 35.5. The first-order chi connectivity index (χ1) is 15.5. The van der Waals surface area contributed by atoms with Gasteiger partial charge in [0.2, 0.25) is 5.78 Å². The fraction of sp³-hybridized carbons (Fsp3) is 0.391. The molecule has 0 saturated carbocycles. The Bertz CT molecular complexity index is 1220. The molecule has 0 unspecified atom stereocenters. The van der Waals surface area contributed by atoms with Gasteiger partial charge in [0, 0.05) is 48.9 Å². The van der Waals surface area contributed by atoms with Gasteiger partial charge in [-0.05, 0) is 37.8 Å². The van der Waals surface area contributed by atoms with E-state index in [1.165, 1.54) is 0 Å². The number of piperidine rings is 1. The van der Waals surface area contributed by atoms with E-state index < -0.39 is 5.97 Å². The van der Waals surface area contributed by atoms with Crippen molar-refractivity contribution in [2.24, 2.45) is 5.92 Å². The summed E-state index contributed by atoms with van der Waals surface area (Å²) in [6.45, 7) is 1.74. The smallest absolute Gasteiger partial charge is 0.306 e. The lowest BCUT2D eigenvalue weighted by atomic mass is 9.97. The van der Waals surface area contributed by atoms with E-state index in [0.717, 1.165) is 24.2 Å². The number of nitriles is 1. The van der Waals surface area contributed by atoms with Gasteiger partial charge in [-0.25, -0.2) is 4.98 Å². The molecule has 1 aliphatic heterocycles. The number of hydrogen-bond acceptors (Lipinski definition) is 5. The second-order valence-corrected chi connectivity index (χ2v) is 8.45. The maximum atomic E-state index is 13.0. The molecule has 166 valence electrons. The molecule has 0 radical (unpaired) electrons. The zero-order valence-corrected chi connectivity index (χ0v) is 18.3. The second kappa shape index (κ2) is 9.45. The number of aryl methyl sites for hydroxylation is 1. The van der Waals surface area contributed by atoms with Crippen molar-refractivity contribution < 1.29 is 9.90 Å². The Morgan fingerprint density at radius 3 is 2.59 bits per heavy atom. The highest BCUT2D eigenvalue weighted by Crippen LogP contribution is 2.26. The SMILES string of the molecule is N#CCCCCn1c(N2CCC(C(=O)O)CC2)cc(=O)n2cc(-c3ccc(Cl)cc3)nc12. The van der Waals surface area contributed by atoms with E-state index in [1.54, 1.807) is 28.8 Å². The number of aromatic nitrogens is 3. The number of hydrogen-bond donors (Lipinski definition) is 1. The highest BCUT2D eigenvalue weighted by molar-refractivity contribution is 6.30. The van der Waals surface area contributed by atoms with E-state index in [4.69, 9.17) is 21.8 Å². The number of unbranched alkanes of at least 4 members (excludes halogenated alkanes) is 2. The maximum absolute atomic E-state index is 13.0. The Hall–Kier alpha value is -3.31. The van der Waals surface area contributed by atoms with Crippen LogP contribution in [0.2, 0.25) is 5.02 Å². The highest BCUT2D eigenvalue weighted by Gasteiger charge is 2.27. The van der Waals surface area contributed by atoms with Crippen molar-refractivity contribution in [2.75, 3.05) is 18.0 Å². The summed E-state index contributed by atoms with van der Waals surface area (Å²) in [5.74, 6) is 0.162. The van der Waals surface area contributed by atoms with E-state index in [-0.39, 0.29) is 11.5 Å². The van der Waals surface area contributed by atoms with Gasteiger partial charge in [-0.1, -0.05) is 23.7 Å². The lowest BCUT2D eigenvalue weighted by Crippen LogP contribution is -2.39. The third-order valence-electron chi connectivity index (χ3n) is 5.92. The number of benzene rings is 1. The van der Waals surface area contributed by atoms with Crippen molar-refractivity contribution in [1.29, 1.82) is 5.26 Å². The van der Waals surface area contributed by atoms with Crippen LogP contribution in [-0.2, 0) is 11.3 Å². The lowest BCUT2D eigenvalue weighted by Gasteiger charge is -2.33. The van der Waals surface area contributed by atoms with Crippen LogP contribution in [0, 0.1) is 17.2 Å². The van der Waals surface area contributed by atoms with Gasteiger partial charge in [-0.3, -0.25) is 18.6 Å². The van der Waals surface area contributed by atoms with Gasteiger partial charge < -0.3 is 10.0 Å². The molecule has 8 nitrogen and oxygen atoms in total. The second-order valence-electron chi connectivity index (χ2n) is 8.01. The number of halogens is 1. The number of carboxylic acid groups (broad SMARTS) is 1. The zero-order valence-electron chi connectivity index (χ0n) is 17.6. The molecule has 1 aromatic carbocycles. The summed E-state index contributed by atoms with van der Waals surface area (Å²) in [6.07, 6.45) is 4.79. The van der Waals surface area contributed by atoms with Crippen LogP contribution in [-0.4, -0.2) is 38.1 Å². The van der Waals surface area contributed by atoms with Crippen LogP contribution in [0.4, 0.5) is 5.82 Å². The van der Waals surface area contributed by atoms with Crippen LogP contribution in [0.5, 0.6) is 0 Å². The Morgan fingerprint density at radius 2 is 1.94 bits per heavy atom. The Balaban J connectivity index is 1.75. The van der Waals surface area contributed by atoms with Gasteiger partial charge in [-0.2, -0.15) is 5.26 Å². The van der Waals surface area contributed by atoms with Crippen molar-refractivity contribution in [3.05, 3.63) is 51.9 Å². The van der Waals surface area contributed by atoms with E-state index in [2.05, 4.69) is 11.0 Å². The summed E-state index contributed by atoms with van der Waals surface area (Å²) in [7, 11) is 0. The first kappa shape index (κ1) is 21.9. The Labute approximate surface area is 190 Å². The van der Waals surface area contributed by atoms with E-state index in [1.807, 2.05) is 16.7 Å². The van der Waals surface area contributed by atoms with Crippen LogP contribution < -0.4 is 10.5 Å². The molecule has 0 spiro atoms. The summed E-state index contributed by atoms with van der Waals surface area (Å²) in [5.41, 5.74) is 1.35. The Kier molecular flexibility index (Phi) is 6.47. The monoisotopic (exact) mass is 453 g/mol. The number of carbonyl (C=O) groups is 1. The predicted octanol–water partition coefficient (Wildman–Crippen LogP) is 3.81. The molecule has 4 rings (SSSR count). The number of nitrogens with zero attached hydrogens (tertiary/aromatic N) is 5. The molecule has 9 heteroatoms. The van der Waals surface area contributed by atoms with Crippen molar-refractivity contribution in [1.82, 2.24) is 14.0 Å². The summed E-state index contributed by atoms with van der Waals surface area (Å²) in [5, 5.41) is 18.8. The van der Waals surface area contributed by atoms with E-state index in [9.17, 15) is 14.7 Å². The molecule has 3 aromatic rings. The van der Waals surface area contributed by atoms with Crippen molar-refractivity contribution >= 4 is 29.2 Å². The summed E-state index contributed by atoms with van der Waals surface area (Å²) >= 11 is 6.00. The predicted molar refractivity (Wildman–Crippen MR) is 122 cm³/mol. The lowest BCUT2D eigenvalue weighted by molar-refractivity contribution is -0.142. The fourth-order valence-electron chi connectivity index (χ4n) is 4.15. The standard InChI is InChI=1S/C23H24ClN5O3/c24-18-6-4-16(5-7-18)19-15-29-21(30)14-20(27-12-8-17(9-13-27)22(31)32)28(23(29)26-19)11-3-1-2-10-25/h4-7,14-15,17H,1-3,8-9,11-13H2,(H,31,32). The molecule has 0 aliphatic carbocycles. The Morgan fingerprint density at radius 1 is 1.22 bits per heavy atom. The van der Waals surface area contributed by atoms with Crippen molar-refractivity contribution in [3.63, 3.8) is 0 Å². The molecular formula is C23H24ClN5O3. The number of anilines is 1. The number of carboxylic acids is 1. The number of rotatable bonds is 7. The third kappa shape index (κ3) is 4.48. The number of imidazole rings is 1. The van der Waals surface area contributed by atoms with Gasteiger partial charge in [0.05, 0.1) is 17.7 Å². The van der Waals surface area contributed by atoms with E-state index >= 15 is 0 Å². The molecule has 0 atom stereocenters. The van der Waals surface area contributed by atoms with Crippen molar-refractivity contribution in [3.8, 4) is 17.3 Å². The van der Waals surface area contributed by atoms with Crippen LogP contribution in [0.1, 0.15) is 32.1 Å². The molecule has 1 aliphatic rings. The van der Waals surface area contributed by atoms with Gasteiger partial charge in [0.25, 0.3) is 5.56 Å².